The van der Waals surface area contributed by atoms with Gasteiger partial charge >= 0.3 is 0 Å². The summed E-state index contributed by atoms with van der Waals surface area (Å²) in [6, 6.07) is 1.93. The number of nitrogens with zero attached hydrogens (tertiary/aromatic N) is 3. The molecule has 0 aliphatic carbocycles. The summed E-state index contributed by atoms with van der Waals surface area (Å²) in [5, 5.41) is 10.3. The number of carbonyl (C=O) groups is 1. The van der Waals surface area contributed by atoms with Crippen LogP contribution in [-0.4, -0.2) is 27.2 Å². The molecule has 0 saturated carbocycles. The number of hydrogen-bond donors (Lipinski definition) is 1. The number of rotatable bonds is 6. The summed E-state index contributed by atoms with van der Waals surface area (Å²) < 4.78 is 1.74. The van der Waals surface area contributed by atoms with Crippen molar-refractivity contribution in [3.8, 4) is 0 Å². The second-order valence-electron chi connectivity index (χ2n) is 5.00. The van der Waals surface area contributed by atoms with Gasteiger partial charge in [0, 0.05) is 36.3 Å². The maximum Gasteiger partial charge on any atom is 0.269 e. The smallest absolute Gasteiger partial charge is 0.269 e. The van der Waals surface area contributed by atoms with E-state index in [4.69, 9.17) is 0 Å². The summed E-state index contributed by atoms with van der Waals surface area (Å²) in [6.45, 7) is 6.67. The Labute approximate surface area is 123 Å². The average molecular weight is 292 g/mol. The van der Waals surface area contributed by atoms with E-state index in [1.807, 2.05) is 20.8 Å². The number of carbonyl (C=O) groups excluding carboxylic acids is 1. The van der Waals surface area contributed by atoms with Crippen molar-refractivity contribution in [2.45, 2.75) is 39.7 Å². The molecule has 0 bridgehead atoms. The Bertz CT molecular complexity index is 573. The normalized spacial score (nSPS) is 11.0. The molecule has 2 heterocycles. The van der Waals surface area contributed by atoms with Crippen LogP contribution in [0.1, 0.15) is 47.5 Å². The van der Waals surface area contributed by atoms with Crippen LogP contribution in [0.2, 0.25) is 0 Å². The van der Waals surface area contributed by atoms with Gasteiger partial charge in [-0.05, 0) is 33.3 Å². The van der Waals surface area contributed by atoms with Gasteiger partial charge in [0.1, 0.15) is 5.69 Å². The van der Waals surface area contributed by atoms with Gasteiger partial charge in [-0.1, -0.05) is 0 Å². The SMILES string of the molecule is Cc1csc(CCCNC(=O)c2ccnn2C(C)C)n1. The predicted octanol–water partition coefficient (Wildman–Crippen LogP) is 2.59. The molecule has 0 aliphatic heterocycles. The van der Waals surface area contributed by atoms with Gasteiger partial charge in [0.05, 0.1) is 5.01 Å². The van der Waals surface area contributed by atoms with E-state index in [0.29, 0.717) is 12.2 Å². The van der Waals surface area contributed by atoms with Gasteiger partial charge in [-0.2, -0.15) is 5.10 Å². The van der Waals surface area contributed by atoms with Crippen molar-refractivity contribution in [1.82, 2.24) is 20.1 Å². The molecule has 0 unspecified atom stereocenters. The molecule has 0 saturated heterocycles. The zero-order valence-corrected chi connectivity index (χ0v) is 12.9. The molecule has 1 amide bonds. The van der Waals surface area contributed by atoms with Crippen LogP contribution < -0.4 is 5.32 Å². The quantitative estimate of drug-likeness (QED) is 0.833. The van der Waals surface area contributed by atoms with Gasteiger partial charge in [-0.25, -0.2) is 4.98 Å². The van der Waals surface area contributed by atoms with Crippen molar-refractivity contribution in [1.29, 1.82) is 0 Å². The lowest BCUT2D eigenvalue weighted by Gasteiger charge is -2.10. The maximum atomic E-state index is 12.1. The summed E-state index contributed by atoms with van der Waals surface area (Å²) >= 11 is 1.67. The molecule has 20 heavy (non-hydrogen) atoms. The minimum absolute atomic E-state index is 0.0634. The molecule has 6 heteroatoms. The highest BCUT2D eigenvalue weighted by Crippen LogP contribution is 2.11. The first kappa shape index (κ1) is 14.7. The minimum Gasteiger partial charge on any atom is -0.351 e. The number of aryl methyl sites for hydroxylation is 2. The monoisotopic (exact) mass is 292 g/mol. The molecule has 0 spiro atoms. The summed E-state index contributed by atoms with van der Waals surface area (Å²) in [7, 11) is 0. The van der Waals surface area contributed by atoms with Crippen LogP contribution in [0.25, 0.3) is 0 Å². The van der Waals surface area contributed by atoms with Crippen LogP contribution in [0.15, 0.2) is 17.6 Å². The summed E-state index contributed by atoms with van der Waals surface area (Å²) in [6.07, 6.45) is 3.46. The van der Waals surface area contributed by atoms with Crippen LogP contribution in [0.5, 0.6) is 0 Å². The maximum absolute atomic E-state index is 12.1. The lowest BCUT2D eigenvalue weighted by molar-refractivity contribution is 0.0940. The Morgan fingerprint density at radius 3 is 2.95 bits per heavy atom. The number of hydrogen-bond acceptors (Lipinski definition) is 4. The Morgan fingerprint density at radius 2 is 2.30 bits per heavy atom. The number of thiazole rings is 1. The predicted molar refractivity (Wildman–Crippen MR) is 80.1 cm³/mol. The lowest BCUT2D eigenvalue weighted by Crippen LogP contribution is -2.27. The molecule has 0 aromatic carbocycles. The first-order valence-electron chi connectivity index (χ1n) is 6.80. The standard InChI is InChI=1S/C14H20N4OS/c1-10(2)18-12(6-8-16-18)14(19)15-7-4-5-13-17-11(3)9-20-13/h6,8-10H,4-5,7H2,1-3H3,(H,15,19). The second-order valence-corrected chi connectivity index (χ2v) is 5.94. The molecule has 2 aromatic heterocycles. The summed E-state index contributed by atoms with van der Waals surface area (Å²) in [5.74, 6) is -0.0634. The third kappa shape index (κ3) is 3.66. The van der Waals surface area contributed by atoms with E-state index in [9.17, 15) is 4.79 Å². The first-order valence-corrected chi connectivity index (χ1v) is 7.68. The van der Waals surface area contributed by atoms with E-state index in [1.165, 1.54) is 0 Å². The van der Waals surface area contributed by atoms with Gasteiger partial charge in [0.2, 0.25) is 0 Å². The molecule has 5 nitrogen and oxygen atoms in total. The van der Waals surface area contributed by atoms with Crippen molar-refractivity contribution in [2.75, 3.05) is 6.54 Å². The van der Waals surface area contributed by atoms with E-state index in [-0.39, 0.29) is 11.9 Å². The fourth-order valence-corrected chi connectivity index (χ4v) is 2.77. The highest BCUT2D eigenvalue weighted by atomic mass is 32.1. The largest absolute Gasteiger partial charge is 0.351 e. The molecule has 108 valence electrons. The van der Waals surface area contributed by atoms with Gasteiger partial charge in [0.25, 0.3) is 5.91 Å². The van der Waals surface area contributed by atoms with Crippen LogP contribution in [0.3, 0.4) is 0 Å². The van der Waals surface area contributed by atoms with Crippen molar-refractivity contribution in [3.63, 3.8) is 0 Å². The zero-order valence-electron chi connectivity index (χ0n) is 12.1. The van der Waals surface area contributed by atoms with Crippen LogP contribution in [0, 0.1) is 6.92 Å². The fraction of sp³-hybridized carbons (Fsp3) is 0.500. The van der Waals surface area contributed by atoms with E-state index < -0.39 is 0 Å². The van der Waals surface area contributed by atoms with Crippen LogP contribution >= 0.6 is 11.3 Å². The number of amides is 1. The van der Waals surface area contributed by atoms with E-state index in [0.717, 1.165) is 23.5 Å². The summed E-state index contributed by atoms with van der Waals surface area (Å²) in [5.41, 5.74) is 1.68. The molecule has 1 N–H and O–H groups in total. The van der Waals surface area contributed by atoms with Crippen molar-refractivity contribution in [2.24, 2.45) is 0 Å². The molecule has 0 aliphatic rings. The molecular formula is C14H20N4OS. The average Bonchev–Trinajstić information content (AvgIpc) is 3.03. The topological polar surface area (TPSA) is 59.8 Å². The lowest BCUT2D eigenvalue weighted by atomic mass is 10.3. The molecule has 0 fully saturated rings. The third-order valence-corrected chi connectivity index (χ3v) is 3.94. The summed E-state index contributed by atoms with van der Waals surface area (Å²) in [4.78, 5) is 16.5. The Balaban J connectivity index is 1.79. The highest BCUT2D eigenvalue weighted by molar-refractivity contribution is 7.09. The highest BCUT2D eigenvalue weighted by Gasteiger charge is 2.13. The van der Waals surface area contributed by atoms with E-state index >= 15 is 0 Å². The zero-order chi connectivity index (χ0) is 14.5. The number of nitrogens with one attached hydrogen (secondary N) is 1. The Hall–Kier alpha value is -1.69. The van der Waals surface area contributed by atoms with Gasteiger partial charge in [0.15, 0.2) is 0 Å². The van der Waals surface area contributed by atoms with Crippen molar-refractivity contribution >= 4 is 17.2 Å². The molecule has 2 rings (SSSR count). The molecular weight excluding hydrogens is 272 g/mol. The molecule has 0 atom stereocenters. The number of aromatic nitrogens is 3. The first-order chi connectivity index (χ1) is 9.58. The van der Waals surface area contributed by atoms with Gasteiger partial charge in [-0.15, -0.1) is 11.3 Å². The Morgan fingerprint density at radius 1 is 1.50 bits per heavy atom. The van der Waals surface area contributed by atoms with Gasteiger partial charge in [-0.3, -0.25) is 9.48 Å². The van der Waals surface area contributed by atoms with E-state index in [2.05, 4.69) is 20.8 Å². The third-order valence-electron chi connectivity index (χ3n) is 2.91. The van der Waals surface area contributed by atoms with Gasteiger partial charge < -0.3 is 5.32 Å². The second kappa shape index (κ2) is 6.65. The Kier molecular flexibility index (Phi) is 4.89. The fourth-order valence-electron chi connectivity index (χ4n) is 1.96. The van der Waals surface area contributed by atoms with Crippen molar-refractivity contribution < 1.29 is 4.79 Å². The molecule has 2 aromatic rings. The van der Waals surface area contributed by atoms with Crippen LogP contribution in [-0.2, 0) is 6.42 Å². The van der Waals surface area contributed by atoms with Crippen LogP contribution in [0.4, 0.5) is 0 Å². The minimum atomic E-state index is -0.0634. The molecule has 0 radical (unpaired) electrons. The van der Waals surface area contributed by atoms with Crippen molar-refractivity contribution in [3.05, 3.63) is 34.0 Å². The van der Waals surface area contributed by atoms with E-state index in [1.54, 1.807) is 28.3 Å².